The number of amides is 1. The molecule has 0 bridgehead atoms. The van der Waals surface area contributed by atoms with Crippen LogP contribution in [0, 0.1) is 12.3 Å². The van der Waals surface area contributed by atoms with Gasteiger partial charge in [0.1, 0.15) is 5.76 Å². The Morgan fingerprint density at radius 1 is 1.52 bits per heavy atom. The van der Waals surface area contributed by atoms with Crippen LogP contribution in [-0.4, -0.2) is 50.3 Å². The normalized spacial score (nSPS) is 29.2. The summed E-state index contributed by atoms with van der Waals surface area (Å²) >= 11 is 0. The smallest absolute Gasteiger partial charge is 0.289 e. The van der Waals surface area contributed by atoms with Crippen molar-refractivity contribution >= 4 is 5.91 Å². The van der Waals surface area contributed by atoms with E-state index in [1.165, 1.54) is 0 Å². The van der Waals surface area contributed by atoms with Crippen molar-refractivity contribution in [2.45, 2.75) is 32.3 Å². The molecule has 5 heteroatoms. The summed E-state index contributed by atoms with van der Waals surface area (Å²) in [6.07, 6.45) is 3.15. The number of furan rings is 1. The van der Waals surface area contributed by atoms with Gasteiger partial charge in [0.05, 0.1) is 12.7 Å². The van der Waals surface area contributed by atoms with Gasteiger partial charge in [-0.2, -0.15) is 0 Å². The molecule has 5 nitrogen and oxygen atoms in total. The van der Waals surface area contributed by atoms with Crippen molar-refractivity contribution in [1.29, 1.82) is 0 Å². The van der Waals surface area contributed by atoms with E-state index >= 15 is 0 Å². The van der Waals surface area contributed by atoms with Crippen LogP contribution in [0.1, 0.15) is 35.6 Å². The van der Waals surface area contributed by atoms with Gasteiger partial charge < -0.3 is 18.8 Å². The third-order valence-corrected chi connectivity index (χ3v) is 4.66. The van der Waals surface area contributed by atoms with Gasteiger partial charge in [0.15, 0.2) is 5.76 Å². The second kappa shape index (κ2) is 5.81. The Bertz CT molecular complexity index is 508. The molecule has 2 aliphatic rings. The highest BCUT2D eigenvalue weighted by atomic mass is 16.5. The third-order valence-electron chi connectivity index (χ3n) is 4.66. The molecule has 2 saturated heterocycles. The first kappa shape index (κ1) is 14.6. The summed E-state index contributed by atoms with van der Waals surface area (Å²) in [6, 6.07) is 3.58. The number of carbonyl (C=O) groups excluding carboxylic acids is 1. The van der Waals surface area contributed by atoms with Gasteiger partial charge >= 0.3 is 0 Å². The lowest BCUT2D eigenvalue weighted by molar-refractivity contribution is -0.142. The Morgan fingerprint density at radius 2 is 2.38 bits per heavy atom. The average Bonchev–Trinajstić information content (AvgIpc) is 2.92. The number of piperidine rings is 1. The van der Waals surface area contributed by atoms with Crippen LogP contribution in [-0.2, 0) is 9.47 Å². The Kier molecular flexibility index (Phi) is 4.04. The van der Waals surface area contributed by atoms with E-state index in [9.17, 15) is 4.79 Å². The number of hydrogen-bond acceptors (Lipinski definition) is 4. The van der Waals surface area contributed by atoms with E-state index in [4.69, 9.17) is 13.9 Å². The van der Waals surface area contributed by atoms with Crippen LogP contribution in [0.15, 0.2) is 16.5 Å². The monoisotopic (exact) mass is 293 g/mol. The molecule has 1 amide bonds. The first-order valence-corrected chi connectivity index (χ1v) is 7.61. The van der Waals surface area contributed by atoms with Crippen LogP contribution in [0.2, 0.25) is 0 Å². The van der Waals surface area contributed by atoms with E-state index in [2.05, 4.69) is 0 Å². The van der Waals surface area contributed by atoms with Crippen LogP contribution < -0.4 is 0 Å². The molecule has 0 saturated carbocycles. The largest absolute Gasteiger partial charge is 0.456 e. The van der Waals surface area contributed by atoms with E-state index < -0.39 is 0 Å². The molecule has 0 spiro atoms. The van der Waals surface area contributed by atoms with Crippen LogP contribution in [0.3, 0.4) is 0 Å². The first-order valence-electron chi connectivity index (χ1n) is 7.61. The second-order valence-corrected chi connectivity index (χ2v) is 6.18. The maximum absolute atomic E-state index is 12.6. The fraction of sp³-hybridized carbons (Fsp3) is 0.688. The number of likely N-dealkylation sites (tertiary alicyclic amines) is 1. The molecule has 2 aliphatic heterocycles. The molecule has 2 atom stereocenters. The minimum absolute atomic E-state index is 0.0254. The van der Waals surface area contributed by atoms with Gasteiger partial charge in [0.2, 0.25) is 0 Å². The molecular weight excluding hydrogens is 270 g/mol. The zero-order chi connectivity index (χ0) is 14.9. The molecule has 116 valence electrons. The summed E-state index contributed by atoms with van der Waals surface area (Å²) in [5, 5.41) is 0. The quantitative estimate of drug-likeness (QED) is 0.857. The molecule has 0 unspecified atom stereocenters. The number of aryl methyl sites for hydroxylation is 1. The zero-order valence-corrected chi connectivity index (χ0v) is 12.8. The van der Waals surface area contributed by atoms with E-state index in [1.807, 2.05) is 17.9 Å². The van der Waals surface area contributed by atoms with Gasteiger partial charge in [0.25, 0.3) is 5.91 Å². The molecule has 3 heterocycles. The van der Waals surface area contributed by atoms with Gasteiger partial charge in [-0.25, -0.2) is 0 Å². The van der Waals surface area contributed by atoms with Gasteiger partial charge in [-0.15, -0.1) is 0 Å². The lowest BCUT2D eigenvalue weighted by Crippen LogP contribution is -2.58. The van der Waals surface area contributed by atoms with Crippen LogP contribution in [0.25, 0.3) is 0 Å². The number of hydrogen-bond donors (Lipinski definition) is 0. The van der Waals surface area contributed by atoms with E-state index in [-0.39, 0.29) is 17.4 Å². The number of nitrogens with zero attached hydrogens (tertiary/aromatic N) is 1. The standard InChI is InChI=1S/C16H23NO4/c1-12-4-5-13(21-12)15(18)17-8-6-14-16(10-17,11-19-2)7-3-9-20-14/h4-5,14H,3,6-11H2,1-2H3/t14-,16-/m0/s1. The van der Waals surface area contributed by atoms with Crippen LogP contribution in [0.5, 0.6) is 0 Å². The van der Waals surface area contributed by atoms with Crippen molar-refractivity contribution < 1.29 is 18.7 Å². The van der Waals surface area contributed by atoms with E-state index in [1.54, 1.807) is 13.2 Å². The highest BCUT2D eigenvalue weighted by Crippen LogP contribution is 2.40. The minimum atomic E-state index is -0.0669. The van der Waals surface area contributed by atoms with Crippen LogP contribution >= 0.6 is 0 Å². The fourth-order valence-corrected chi connectivity index (χ4v) is 3.67. The Hall–Kier alpha value is -1.33. The number of rotatable bonds is 3. The van der Waals surface area contributed by atoms with Crippen LogP contribution in [0.4, 0.5) is 0 Å². The maximum Gasteiger partial charge on any atom is 0.289 e. The summed E-state index contributed by atoms with van der Waals surface area (Å²) in [4.78, 5) is 14.5. The Balaban J connectivity index is 1.78. The topological polar surface area (TPSA) is 51.9 Å². The SMILES string of the molecule is COC[C@@]12CCCO[C@H]1CCN(C(=O)c1ccc(C)o1)C2. The predicted molar refractivity (Wildman–Crippen MR) is 77.2 cm³/mol. The molecule has 0 N–H and O–H groups in total. The summed E-state index contributed by atoms with van der Waals surface area (Å²) in [5.74, 6) is 1.17. The van der Waals surface area contributed by atoms with Crippen molar-refractivity contribution in [1.82, 2.24) is 4.90 Å². The molecule has 0 aromatic carbocycles. The van der Waals surface area contributed by atoms with Gasteiger partial charge in [-0.3, -0.25) is 4.79 Å². The first-order chi connectivity index (χ1) is 10.1. The predicted octanol–water partition coefficient (Wildman–Crippen LogP) is 2.25. The molecular formula is C16H23NO4. The maximum atomic E-state index is 12.6. The van der Waals surface area contributed by atoms with Crippen molar-refractivity contribution in [2.24, 2.45) is 5.41 Å². The van der Waals surface area contributed by atoms with Crippen molar-refractivity contribution in [2.75, 3.05) is 33.4 Å². The highest BCUT2D eigenvalue weighted by Gasteiger charge is 2.47. The lowest BCUT2D eigenvalue weighted by Gasteiger charge is -2.50. The van der Waals surface area contributed by atoms with E-state index in [0.717, 1.165) is 31.6 Å². The van der Waals surface area contributed by atoms with E-state index in [0.29, 0.717) is 25.5 Å². The summed E-state index contributed by atoms with van der Waals surface area (Å²) < 4.78 is 16.8. The Labute approximate surface area is 125 Å². The summed E-state index contributed by atoms with van der Waals surface area (Å²) in [7, 11) is 1.72. The average molecular weight is 293 g/mol. The number of fused-ring (bicyclic) bond motifs is 1. The molecule has 0 radical (unpaired) electrons. The number of carbonyl (C=O) groups is 1. The summed E-state index contributed by atoms with van der Waals surface area (Å²) in [5.41, 5.74) is -0.0669. The fourth-order valence-electron chi connectivity index (χ4n) is 3.67. The molecule has 0 aliphatic carbocycles. The number of ether oxygens (including phenoxy) is 2. The van der Waals surface area contributed by atoms with Gasteiger partial charge in [0, 0.05) is 32.2 Å². The third kappa shape index (κ3) is 2.72. The molecule has 2 fully saturated rings. The molecule has 3 rings (SSSR count). The van der Waals surface area contributed by atoms with Gasteiger partial charge in [-0.1, -0.05) is 0 Å². The highest BCUT2D eigenvalue weighted by molar-refractivity contribution is 5.91. The number of methoxy groups -OCH3 is 1. The molecule has 1 aromatic heterocycles. The Morgan fingerprint density at radius 3 is 3.10 bits per heavy atom. The van der Waals surface area contributed by atoms with Crippen molar-refractivity contribution in [3.05, 3.63) is 23.7 Å². The van der Waals surface area contributed by atoms with Gasteiger partial charge in [-0.05, 0) is 38.3 Å². The summed E-state index contributed by atoms with van der Waals surface area (Å²) in [6.45, 7) is 4.71. The molecule has 1 aromatic rings. The zero-order valence-electron chi connectivity index (χ0n) is 12.8. The second-order valence-electron chi connectivity index (χ2n) is 6.18. The van der Waals surface area contributed by atoms with Crippen molar-refractivity contribution in [3.8, 4) is 0 Å². The lowest BCUT2D eigenvalue weighted by atomic mass is 9.73. The van der Waals surface area contributed by atoms with Crippen molar-refractivity contribution in [3.63, 3.8) is 0 Å². The molecule has 21 heavy (non-hydrogen) atoms. The minimum Gasteiger partial charge on any atom is -0.456 e.